The Morgan fingerprint density at radius 3 is 2.67 bits per heavy atom. The molecular weight excluding hydrogens is 264 g/mol. The molecule has 4 nitrogen and oxygen atoms in total. The van der Waals surface area contributed by atoms with Gasteiger partial charge in [0.2, 0.25) is 0 Å². The molecule has 2 aromatic rings. The second kappa shape index (κ2) is 6.59. The lowest BCUT2D eigenvalue weighted by Gasteiger charge is -2.22. The molecule has 2 rings (SSSR count). The quantitative estimate of drug-likeness (QED) is 0.919. The minimum absolute atomic E-state index is 0.0223. The third kappa shape index (κ3) is 3.73. The Kier molecular flexibility index (Phi) is 4.81. The van der Waals surface area contributed by atoms with Crippen LogP contribution in [0.3, 0.4) is 0 Å². The number of rotatable bonds is 5. The molecule has 0 aliphatic carbocycles. The summed E-state index contributed by atoms with van der Waals surface area (Å²) < 4.78 is 5.44. The van der Waals surface area contributed by atoms with E-state index in [0.29, 0.717) is 6.54 Å². The van der Waals surface area contributed by atoms with Gasteiger partial charge in [0.05, 0.1) is 12.3 Å². The van der Waals surface area contributed by atoms with Crippen molar-refractivity contribution in [1.82, 2.24) is 10.2 Å². The highest BCUT2D eigenvalue weighted by atomic mass is 16.3. The first-order valence-electron chi connectivity index (χ1n) is 7.04. The minimum atomic E-state index is -0.0467. The molecule has 1 atom stereocenters. The number of nitrogens with one attached hydrogen (secondary N) is 1. The van der Waals surface area contributed by atoms with Crippen LogP contribution in [0.25, 0.3) is 0 Å². The normalized spacial score (nSPS) is 12.4. The van der Waals surface area contributed by atoms with Crippen molar-refractivity contribution in [1.29, 1.82) is 0 Å². The van der Waals surface area contributed by atoms with Gasteiger partial charge in [0.1, 0.15) is 5.76 Å². The summed E-state index contributed by atoms with van der Waals surface area (Å²) >= 11 is 0. The van der Waals surface area contributed by atoms with Crippen LogP contribution in [-0.2, 0) is 0 Å². The topological polar surface area (TPSA) is 45.5 Å². The molecule has 112 valence electrons. The van der Waals surface area contributed by atoms with E-state index in [1.807, 2.05) is 63.2 Å². The van der Waals surface area contributed by atoms with E-state index < -0.39 is 0 Å². The van der Waals surface area contributed by atoms with Gasteiger partial charge < -0.3 is 9.73 Å². The number of likely N-dealkylation sites (N-methyl/N-ethyl adjacent to an activating group) is 1. The zero-order valence-corrected chi connectivity index (χ0v) is 13.0. The molecule has 1 unspecified atom stereocenters. The van der Waals surface area contributed by atoms with Crippen molar-refractivity contribution in [3.8, 4) is 0 Å². The molecule has 0 radical (unpaired) electrons. The molecule has 1 amide bonds. The maximum Gasteiger partial charge on any atom is 0.251 e. The van der Waals surface area contributed by atoms with Crippen LogP contribution in [0.4, 0.5) is 0 Å². The van der Waals surface area contributed by atoms with Crippen molar-refractivity contribution in [2.24, 2.45) is 0 Å². The molecule has 0 fully saturated rings. The summed E-state index contributed by atoms with van der Waals surface area (Å²) in [6.45, 7) is 4.44. The maximum absolute atomic E-state index is 12.4. The SMILES string of the molecule is Cc1ccc(C)c(C(=O)NCC(c2ccco2)N(C)C)c1. The van der Waals surface area contributed by atoms with Crippen LogP contribution < -0.4 is 5.32 Å². The summed E-state index contributed by atoms with van der Waals surface area (Å²) in [6, 6.07) is 9.71. The number of furan rings is 1. The molecule has 1 aromatic heterocycles. The monoisotopic (exact) mass is 286 g/mol. The van der Waals surface area contributed by atoms with E-state index in [4.69, 9.17) is 4.42 Å². The molecule has 1 N–H and O–H groups in total. The number of hydrogen-bond acceptors (Lipinski definition) is 3. The first kappa shape index (κ1) is 15.3. The number of hydrogen-bond donors (Lipinski definition) is 1. The van der Waals surface area contributed by atoms with E-state index in [9.17, 15) is 4.79 Å². The molecular formula is C17H22N2O2. The van der Waals surface area contributed by atoms with E-state index >= 15 is 0 Å². The Hall–Kier alpha value is -2.07. The Bertz CT molecular complexity index is 603. The standard InChI is InChI=1S/C17H22N2O2/c1-12-7-8-13(2)14(10-12)17(20)18-11-15(19(3)4)16-6-5-9-21-16/h5-10,15H,11H2,1-4H3,(H,18,20). The van der Waals surface area contributed by atoms with Gasteiger partial charge in [-0.15, -0.1) is 0 Å². The van der Waals surface area contributed by atoms with Crippen LogP contribution in [0.1, 0.15) is 33.3 Å². The first-order valence-corrected chi connectivity index (χ1v) is 7.04. The molecule has 1 aromatic carbocycles. The number of benzene rings is 1. The minimum Gasteiger partial charge on any atom is -0.468 e. The fourth-order valence-electron chi connectivity index (χ4n) is 2.28. The van der Waals surface area contributed by atoms with Crippen molar-refractivity contribution < 1.29 is 9.21 Å². The highest BCUT2D eigenvalue weighted by Gasteiger charge is 2.18. The summed E-state index contributed by atoms with van der Waals surface area (Å²) in [5.41, 5.74) is 2.80. The fraction of sp³-hybridized carbons (Fsp3) is 0.353. The van der Waals surface area contributed by atoms with Gasteiger partial charge in [-0.3, -0.25) is 9.69 Å². The second-order valence-corrected chi connectivity index (χ2v) is 5.52. The smallest absolute Gasteiger partial charge is 0.251 e. The molecule has 0 spiro atoms. The van der Waals surface area contributed by atoms with E-state index in [2.05, 4.69) is 5.32 Å². The summed E-state index contributed by atoms with van der Waals surface area (Å²) in [7, 11) is 3.94. The molecule has 1 heterocycles. The Morgan fingerprint density at radius 2 is 2.05 bits per heavy atom. The largest absolute Gasteiger partial charge is 0.468 e. The lowest BCUT2D eigenvalue weighted by atomic mass is 10.0. The molecule has 0 aliphatic heterocycles. The number of carbonyl (C=O) groups excluding carboxylic acids is 1. The molecule has 0 bridgehead atoms. The Balaban J connectivity index is 2.07. The van der Waals surface area contributed by atoms with E-state index in [1.54, 1.807) is 6.26 Å². The summed E-state index contributed by atoms with van der Waals surface area (Å²) in [6.07, 6.45) is 1.65. The van der Waals surface area contributed by atoms with Gasteiger partial charge in [-0.25, -0.2) is 0 Å². The molecule has 4 heteroatoms. The summed E-state index contributed by atoms with van der Waals surface area (Å²) in [4.78, 5) is 14.4. The van der Waals surface area contributed by atoms with Crippen LogP contribution in [0.2, 0.25) is 0 Å². The van der Waals surface area contributed by atoms with Gasteiger partial charge >= 0.3 is 0 Å². The lowest BCUT2D eigenvalue weighted by molar-refractivity contribution is 0.0938. The highest BCUT2D eigenvalue weighted by Crippen LogP contribution is 2.18. The average molecular weight is 286 g/mol. The van der Waals surface area contributed by atoms with Gasteiger partial charge in [0.25, 0.3) is 5.91 Å². The van der Waals surface area contributed by atoms with Crippen LogP contribution in [-0.4, -0.2) is 31.4 Å². The molecule has 0 aliphatic rings. The van der Waals surface area contributed by atoms with Crippen molar-refractivity contribution in [3.63, 3.8) is 0 Å². The first-order chi connectivity index (χ1) is 9.99. The van der Waals surface area contributed by atoms with Gasteiger partial charge in [-0.05, 0) is 51.7 Å². The molecule has 0 saturated heterocycles. The number of carbonyl (C=O) groups is 1. The zero-order valence-electron chi connectivity index (χ0n) is 13.0. The van der Waals surface area contributed by atoms with Crippen LogP contribution in [0.5, 0.6) is 0 Å². The predicted octanol–water partition coefficient (Wildman–Crippen LogP) is 2.93. The summed E-state index contributed by atoms with van der Waals surface area (Å²) in [5.74, 6) is 0.802. The van der Waals surface area contributed by atoms with E-state index in [1.165, 1.54) is 0 Å². The van der Waals surface area contributed by atoms with Crippen molar-refractivity contribution in [2.45, 2.75) is 19.9 Å². The van der Waals surface area contributed by atoms with Crippen molar-refractivity contribution in [2.75, 3.05) is 20.6 Å². The van der Waals surface area contributed by atoms with Gasteiger partial charge in [-0.2, -0.15) is 0 Å². The highest BCUT2D eigenvalue weighted by molar-refractivity contribution is 5.95. The van der Waals surface area contributed by atoms with Crippen molar-refractivity contribution >= 4 is 5.91 Å². The Morgan fingerprint density at radius 1 is 1.29 bits per heavy atom. The van der Waals surface area contributed by atoms with Gasteiger partial charge in [-0.1, -0.05) is 17.7 Å². The fourth-order valence-corrected chi connectivity index (χ4v) is 2.28. The van der Waals surface area contributed by atoms with E-state index in [0.717, 1.165) is 22.5 Å². The lowest BCUT2D eigenvalue weighted by Crippen LogP contribution is -2.34. The third-order valence-corrected chi connectivity index (χ3v) is 3.59. The van der Waals surface area contributed by atoms with Gasteiger partial charge in [0, 0.05) is 12.1 Å². The molecule has 21 heavy (non-hydrogen) atoms. The average Bonchev–Trinajstić information content (AvgIpc) is 2.95. The van der Waals surface area contributed by atoms with E-state index in [-0.39, 0.29) is 11.9 Å². The molecule has 0 saturated carbocycles. The third-order valence-electron chi connectivity index (χ3n) is 3.59. The maximum atomic E-state index is 12.4. The zero-order chi connectivity index (χ0) is 15.4. The van der Waals surface area contributed by atoms with Gasteiger partial charge in [0.15, 0.2) is 0 Å². The number of amides is 1. The second-order valence-electron chi connectivity index (χ2n) is 5.52. The van der Waals surface area contributed by atoms with Crippen LogP contribution in [0.15, 0.2) is 41.0 Å². The number of nitrogens with zero attached hydrogens (tertiary/aromatic N) is 1. The van der Waals surface area contributed by atoms with Crippen molar-refractivity contribution in [3.05, 3.63) is 59.0 Å². The Labute approximate surface area is 125 Å². The van der Waals surface area contributed by atoms with Crippen LogP contribution >= 0.6 is 0 Å². The number of aryl methyl sites for hydroxylation is 2. The predicted molar refractivity (Wildman–Crippen MR) is 83.4 cm³/mol. The van der Waals surface area contributed by atoms with Crippen LogP contribution in [0, 0.1) is 13.8 Å². The summed E-state index contributed by atoms with van der Waals surface area (Å²) in [5, 5.41) is 3.00.